The van der Waals surface area contributed by atoms with Crippen LogP contribution in [0.25, 0.3) is 0 Å². The van der Waals surface area contributed by atoms with E-state index in [4.69, 9.17) is 0 Å². The van der Waals surface area contributed by atoms with Crippen LogP contribution >= 0.6 is 11.8 Å². The van der Waals surface area contributed by atoms with Crippen molar-refractivity contribution < 1.29 is 4.79 Å². The van der Waals surface area contributed by atoms with Gasteiger partial charge in [0.15, 0.2) is 0 Å². The van der Waals surface area contributed by atoms with E-state index in [2.05, 4.69) is 11.8 Å². The fraction of sp³-hybridized carbons (Fsp3) is 0.944. The van der Waals surface area contributed by atoms with Crippen molar-refractivity contribution in [2.75, 3.05) is 24.6 Å². The zero-order valence-corrected chi connectivity index (χ0v) is 14.9. The highest BCUT2D eigenvalue weighted by Crippen LogP contribution is 2.14. The molecule has 0 aromatic heterocycles. The molecule has 0 aromatic carbocycles. The Kier molecular flexibility index (Phi) is 12.1. The average molecular weight is 314 g/mol. The van der Waals surface area contributed by atoms with Crippen LogP contribution in [-0.4, -0.2) is 35.4 Å². The maximum atomic E-state index is 11.8. The number of unbranched alkanes of at least 4 members (excludes halogenated alkanes) is 7. The smallest absolute Gasteiger partial charge is 0.222 e. The van der Waals surface area contributed by atoms with Crippen LogP contribution in [0, 0.1) is 0 Å². The lowest BCUT2D eigenvalue weighted by Crippen LogP contribution is -2.32. The third-order valence-corrected chi connectivity index (χ3v) is 5.37. The van der Waals surface area contributed by atoms with E-state index >= 15 is 0 Å². The van der Waals surface area contributed by atoms with Crippen LogP contribution in [-0.2, 0) is 4.79 Å². The minimum atomic E-state index is 0.389. The Balaban J connectivity index is 1.84. The molecule has 0 N–H and O–H groups in total. The fourth-order valence-electron chi connectivity index (χ4n) is 2.89. The van der Waals surface area contributed by atoms with Gasteiger partial charge in [-0.1, -0.05) is 58.3 Å². The summed E-state index contributed by atoms with van der Waals surface area (Å²) in [4.78, 5) is 13.9. The molecule has 1 saturated heterocycles. The average Bonchev–Trinajstić information content (AvgIpc) is 2.69. The van der Waals surface area contributed by atoms with Gasteiger partial charge in [-0.25, -0.2) is 0 Å². The van der Waals surface area contributed by atoms with Crippen molar-refractivity contribution in [3.8, 4) is 0 Å². The number of carbonyl (C=O) groups is 1. The molecule has 1 amide bonds. The van der Waals surface area contributed by atoms with E-state index in [9.17, 15) is 4.79 Å². The Morgan fingerprint density at radius 2 is 1.62 bits per heavy atom. The van der Waals surface area contributed by atoms with Crippen molar-refractivity contribution in [1.82, 2.24) is 4.90 Å². The summed E-state index contributed by atoms with van der Waals surface area (Å²) in [6.07, 6.45) is 15.5. The minimum Gasteiger partial charge on any atom is -0.342 e. The summed E-state index contributed by atoms with van der Waals surface area (Å²) in [6, 6.07) is 0. The van der Waals surface area contributed by atoms with Crippen molar-refractivity contribution in [2.45, 2.75) is 84.0 Å². The topological polar surface area (TPSA) is 20.3 Å². The molecule has 0 atom stereocenters. The molecule has 1 aliphatic rings. The summed E-state index contributed by atoms with van der Waals surface area (Å²) in [6.45, 7) is 4.24. The number of carbonyl (C=O) groups excluding carboxylic acids is 1. The molecule has 1 aliphatic heterocycles. The van der Waals surface area contributed by atoms with E-state index in [0.717, 1.165) is 31.7 Å². The van der Waals surface area contributed by atoms with Crippen molar-refractivity contribution >= 4 is 17.7 Å². The lowest BCUT2D eigenvalue weighted by atomic mass is 10.1. The number of nitrogens with zero attached hydrogens (tertiary/aromatic N) is 1. The fourth-order valence-corrected chi connectivity index (χ4v) is 3.85. The summed E-state index contributed by atoms with van der Waals surface area (Å²) in [5, 5.41) is 0. The molecule has 3 heteroatoms. The highest BCUT2D eigenvalue weighted by atomic mass is 32.2. The molecule has 1 fully saturated rings. The second kappa shape index (κ2) is 13.5. The number of hydrogen-bond donors (Lipinski definition) is 0. The van der Waals surface area contributed by atoms with Gasteiger partial charge in [-0.2, -0.15) is 11.8 Å². The largest absolute Gasteiger partial charge is 0.342 e. The van der Waals surface area contributed by atoms with Gasteiger partial charge in [-0.15, -0.1) is 0 Å². The lowest BCUT2D eigenvalue weighted by molar-refractivity contribution is -0.130. The van der Waals surface area contributed by atoms with Gasteiger partial charge in [0.1, 0.15) is 0 Å². The molecule has 1 heterocycles. The number of likely N-dealkylation sites (tertiary alicyclic amines) is 1. The Morgan fingerprint density at radius 1 is 0.905 bits per heavy atom. The summed E-state index contributed by atoms with van der Waals surface area (Å²) in [7, 11) is 0. The normalized spacial score (nSPS) is 16.2. The highest BCUT2D eigenvalue weighted by molar-refractivity contribution is 7.99. The Morgan fingerprint density at radius 3 is 2.38 bits per heavy atom. The zero-order valence-electron chi connectivity index (χ0n) is 14.1. The van der Waals surface area contributed by atoms with Crippen LogP contribution in [0.3, 0.4) is 0 Å². The first-order valence-electron chi connectivity index (χ1n) is 9.20. The van der Waals surface area contributed by atoms with E-state index in [0.29, 0.717) is 5.91 Å². The molecule has 0 unspecified atom stereocenters. The van der Waals surface area contributed by atoms with Gasteiger partial charge in [-0.05, 0) is 25.0 Å². The first-order valence-corrected chi connectivity index (χ1v) is 10.4. The van der Waals surface area contributed by atoms with Crippen molar-refractivity contribution in [1.29, 1.82) is 0 Å². The molecule has 2 nitrogen and oxygen atoms in total. The van der Waals surface area contributed by atoms with Crippen molar-refractivity contribution in [2.24, 2.45) is 0 Å². The summed E-state index contributed by atoms with van der Waals surface area (Å²) in [5.41, 5.74) is 0. The molecule has 1 rings (SSSR count). The molecule has 0 bridgehead atoms. The number of hydrogen-bond acceptors (Lipinski definition) is 2. The second-order valence-corrected chi connectivity index (χ2v) is 7.50. The van der Waals surface area contributed by atoms with Gasteiger partial charge in [0.05, 0.1) is 0 Å². The number of amides is 1. The van der Waals surface area contributed by atoms with Crippen LogP contribution in [0.1, 0.15) is 84.0 Å². The van der Waals surface area contributed by atoms with Crippen LogP contribution in [0.4, 0.5) is 0 Å². The van der Waals surface area contributed by atoms with Gasteiger partial charge in [0.25, 0.3) is 0 Å². The Labute approximate surface area is 136 Å². The molecular formula is C18H35NOS. The molecule has 0 aliphatic carbocycles. The predicted molar refractivity (Wildman–Crippen MR) is 95.0 cm³/mol. The van der Waals surface area contributed by atoms with Gasteiger partial charge in [-0.3, -0.25) is 4.79 Å². The third-order valence-electron chi connectivity index (χ3n) is 4.32. The van der Waals surface area contributed by atoms with Gasteiger partial charge in [0.2, 0.25) is 5.91 Å². The van der Waals surface area contributed by atoms with Crippen molar-refractivity contribution in [3.63, 3.8) is 0 Å². The molecule has 0 spiro atoms. The van der Waals surface area contributed by atoms with Gasteiger partial charge in [0, 0.05) is 25.3 Å². The quantitative estimate of drug-likeness (QED) is 0.458. The van der Waals surface area contributed by atoms with E-state index in [1.165, 1.54) is 70.0 Å². The molecular weight excluding hydrogens is 278 g/mol. The zero-order chi connectivity index (χ0) is 15.2. The standard InChI is InChI=1S/C18H35NOS/c1-2-3-4-5-6-7-8-12-16-21-17-15-19-14-11-9-10-13-18(19)20/h2-17H2,1H3. The van der Waals surface area contributed by atoms with Crippen LogP contribution in [0.5, 0.6) is 0 Å². The van der Waals surface area contributed by atoms with Crippen LogP contribution < -0.4 is 0 Å². The Bertz CT molecular complexity index is 258. The summed E-state index contributed by atoms with van der Waals surface area (Å²) in [5.74, 6) is 2.79. The van der Waals surface area contributed by atoms with Crippen LogP contribution in [0.15, 0.2) is 0 Å². The molecule has 124 valence electrons. The van der Waals surface area contributed by atoms with E-state index in [1.807, 2.05) is 11.8 Å². The van der Waals surface area contributed by atoms with E-state index in [1.54, 1.807) is 0 Å². The summed E-state index contributed by atoms with van der Waals surface area (Å²) >= 11 is 2.03. The van der Waals surface area contributed by atoms with E-state index in [-0.39, 0.29) is 0 Å². The van der Waals surface area contributed by atoms with Crippen LogP contribution in [0.2, 0.25) is 0 Å². The first-order chi connectivity index (χ1) is 10.3. The maximum Gasteiger partial charge on any atom is 0.222 e. The minimum absolute atomic E-state index is 0.389. The molecule has 0 aromatic rings. The molecule has 0 saturated carbocycles. The van der Waals surface area contributed by atoms with Gasteiger partial charge < -0.3 is 4.90 Å². The maximum absolute atomic E-state index is 11.8. The Hall–Kier alpha value is -0.180. The van der Waals surface area contributed by atoms with E-state index < -0.39 is 0 Å². The lowest BCUT2D eigenvalue weighted by Gasteiger charge is -2.20. The monoisotopic (exact) mass is 313 g/mol. The predicted octanol–water partition coefficient (Wildman–Crippen LogP) is 5.26. The molecule has 0 radical (unpaired) electrons. The van der Waals surface area contributed by atoms with Gasteiger partial charge >= 0.3 is 0 Å². The number of thioether (sulfide) groups is 1. The molecule has 21 heavy (non-hydrogen) atoms. The number of rotatable bonds is 12. The SMILES string of the molecule is CCCCCCCCCCSCCN1CCCCCC1=O. The summed E-state index contributed by atoms with van der Waals surface area (Å²) < 4.78 is 0. The van der Waals surface area contributed by atoms with Crippen molar-refractivity contribution in [3.05, 3.63) is 0 Å². The first kappa shape index (κ1) is 18.9. The second-order valence-electron chi connectivity index (χ2n) is 6.28. The third kappa shape index (κ3) is 10.2. The highest BCUT2D eigenvalue weighted by Gasteiger charge is 2.15.